The van der Waals surface area contributed by atoms with Gasteiger partial charge in [-0.2, -0.15) is 0 Å². The van der Waals surface area contributed by atoms with Crippen molar-refractivity contribution in [3.05, 3.63) is 54.5 Å². The van der Waals surface area contributed by atoms with E-state index in [2.05, 4.69) is 16.0 Å². The number of amides is 3. The van der Waals surface area contributed by atoms with E-state index in [1.165, 1.54) is 6.26 Å². The second-order valence-corrected chi connectivity index (χ2v) is 4.63. The van der Waals surface area contributed by atoms with E-state index in [0.29, 0.717) is 25.5 Å². The standard InChI is InChI=1S/C16H19N3O4/c20-15(18-11-14-7-4-9-22-14)12-19-16(21)17-8-10-23-13-5-2-1-3-6-13/h1-7,9H,8,10-12H2,(H,18,20)(H2,17,19,21). The van der Waals surface area contributed by atoms with E-state index in [9.17, 15) is 9.59 Å². The number of hydrogen-bond donors (Lipinski definition) is 3. The lowest BCUT2D eigenvalue weighted by Crippen LogP contribution is -2.42. The van der Waals surface area contributed by atoms with E-state index in [0.717, 1.165) is 5.75 Å². The van der Waals surface area contributed by atoms with Crippen molar-refractivity contribution >= 4 is 11.9 Å². The Morgan fingerprint density at radius 3 is 2.57 bits per heavy atom. The van der Waals surface area contributed by atoms with Crippen molar-refractivity contribution in [1.82, 2.24) is 16.0 Å². The van der Waals surface area contributed by atoms with Crippen LogP contribution in [0.4, 0.5) is 4.79 Å². The molecule has 0 unspecified atom stereocenters. The largest absolute Gasteiger partial charge is 0.492 e. The molecule has 2 aromatic rings. The Labute approximate surface area is 134 Å². The van der Waals surface area contributed by atoms with Crippen molar-refractivity contribution < 1.29 is 18.7 Å². The highest BCUT2D eigenvalue weighted by Gasteiger charge is 2.05. The van der Waals surface area contributed by atoms with Gasteiger partial charge in [0.25, 0.3) is 0 Å². The fraction of sp³-hybridized carbons (Fsp3) is 0.250. The molecule has 0 radical (unpaired) electrons. The summed E-state index contributed by atoms with van der Waals surface area (Å²) >= 11 is 0. The molecule has 1 aromatic carbocycles. The lowest BCUT2D eigenvalue weighted by Gasteiger charge is -2.09. The van der Waals surface area contributed by atoms with Crippen molar-refractivity contribution in [2.75, 3.05) is 19.7 Å². The number of carbonyl (C=O) groups is 2. The summed E-state index contributed by atoms with van der Waals surface area (Å²) in [7, 11) is 0. The van der Waals surface area contributed by atoms with E-state index in [-0.39, 0.29) is 12.5 Å². The molecule has 0 aliphatic heterocycles. The number of hydrogen-bond acceptors (Lipinski definition) is 4. The van der Waals surface area contributed by atoms with E-state index in [1.807, 2.05) is 30.3 Å². The van der Waals surface area contributed by atoms with Crippen LogP contribution in [0.1, 0.15) is 5.76 Å². The van der Waals surface area contributed by atoms with Crippen LogP contribution >= 0.6 is 0 Å². The summed E-state index contributed by atoms with van der Waals surface area (Å²) in [5.41, 5.74) is 0. The van der Waals surface area contributed by atoms with Crippen molar-refractivity contribution in [2.24, 2.45) is 0 Å². The van der Waals surface area contributed by atoms with Gasteiger partial charge in [0.05, 0.1) is 25.9 Å². The number of benzene rings is 1. The number of nitrogens with one attached hydrogen (secondary N) is 3. The van der Waals surface area contributed by atoms with Crippen molar-refractivity contribution in [2.45, 2.75) is 6.54 Å². The van der Waals surface area contributed by atoms with E-state index < -0.39 is 6.03 Å². The molecule has 3 amide bonds. The molecule has 0 fully saturated rings. The van der Waals surface area contributed by atoms with Crippen LogP contribution in [-0.4, -0.2) is 31.6 Å². The molecule has 0 bridgehead atoms. The summed E-state index contributed by atoms with van der Waals surface area (Å²) in [6, 6.07) is 12.4. The fourth-order valence-corrected chi connectivity index (χ4v) is 1.73. The lowest BCUT2D eigenvalue weighted by molar-refractivity contribution is -0.120. The molecule has 122 valence electrons. The van der Waals surface area contributed by atoms with Crippen molar-refractivity contribution in [3.8, 4) is 5.75 Å². The third-order valence-corrected chi connectivity index (χ3v) is 2.85. The zero-order valence-electron chi connectivity index (χ0n) is 12.6. The maximum Gasteiger partial charge on any atom is 0.315 e. The highest BCUT2D eigenvalue weighted by Crippen LogP contribution is 2.07. The SMILES string of the molecule is O=C(CNC(=O)NCCOc1ccccc1)NCc1ccco1. The van der Waals surface area contributed by atoms with Crippen LogP contribution < -0.4 is 20.7 Å². The van der Waals surface area contributed by atoms with Gasteiger partial charge in [-0.1, -0.05) is 18.2 Å². The normalized spacial score (nSPS) is 9.91. The predicted octanol–water partition coefficient (Wildman–Crippen LogP) is 1.27. The van der Waals surface area contributed by atoms with Gasteiger partial charge in [-0.15, -0.1) is 0 Å². The van der Waals surface area contributed by atoms with Gasteiger partial charge in [0.15, 0.2) is 0 Å². The van der Waals surface area contributed by atoms with Gasteiger partial charge in [0.1, 0.15) is 18.1 Å². The first-order valence-electron chi connectivity index (χ1n) is 7.22. The van der Waals surface area contributed by atoms with Crippen molar-refractivity contribution in [1.29, 1.82) is 0 Å². The highest BCUT2D eigenvalue weighted by atomic mass is 16.5. The number of furan rings is 1. The summed E-state index contributed by atoms with van der Waals surface area (Å²) in [5, 5.41) is 7.70. The molecule has 0 saturated carbocycles. The maximum absolute atomic E-state index is 11.5. The monoisotopic (exact) mass is 317 g/mol. The van der Waals surface area contributed by atoms with Gasteiger partial charge in [-0.25, -0.2) is 4.79 Å². The first-order valence-corrected chi connectivity index (χ1v) is 7.22. The Balaban J connectivity index is 1.51. The zero-order valence-corrected chi connectivity index (χ0v) is 12.6. The summed E-state index contributed by atoms with van der Waals surface area (Å²) < 4.78 is 10.5. The Kier molecular flexibility index (Phi) is 6.52. The second-order valence-electron chi connectivity index (χ2n) is 4.63. The summed E-state index contributed by atoms with van der Waals surface area (Å²) in [4.78, 5) is 23.1. The minimum absolute atomic E-state index is 0.105. The van der Waals surface area contributed by atoms with Crippen LogP contribution in [0.25, 0.3) is 0 Å². The van der Waals surface area contributed by atoms with Crippen LogP contribution in [0.15, 0.2) is 53.1 Å². The van der Waals surface area contributed by atoms with Crippen LogP contribution in [0.3, 0.4) is 0 Å². The average molecular weight is 317 g/mol. The molecule has 0 aliphatic rings. The topological polar surface area (TPSA) is 92.6 Å². The van der Waals surface area contributed by atoms with Crippen LogP contribution in [-0.2, 0) is 11.3 Å². The number of para-hydroxylation sites is 1. The summed E-state index contributed by atoms with van der Waals surface area (Å²) in [5.74, 6) is 1.10. The molecule has 23 heavy (non-hydrogen) atoms. The van der Waals surface area contributed by atoms with Gasteiger partial charge in [0.2, 0.25) is 5.91 Å². The van der Waals surface area contributed by atoms with Gasteiger partial charge < -0.3 is 25.1 Å². The van der Waals surface area contributed by atoms with Crippen LogP contribution in [0.5, 0.6) is 5.75 Å². The molecular weight excluding hydrogens is 298 g/mol. The number of urea groups is 1. The first-order chi connectivity index (χ1) is 11.2. The molecule has 0 spiro atoms. The summed E-state index contributed by atoms with van der Waals surface area (Å²) in [6.07, 6.45) is 1.53. The van der Waals surface area contributed by atoms with E-state index in [1.54, 1.807) is 12.1 Å². The zero-order chi connectivity index (χ0) is 16.3. The molecule has 1 aromatic heterocycles. The maximum atomic E-state index is 11.5. The number of carbonyl (C=O) groups excluding carboxylic acids is 2. The highest BCUT2D eigenvalue weighted by molar-refractivity contribution is 5.83. The third kappa shape index (κ3) is 6.56. The third-order valence-electron chi connectivity index (χ3n) is 2.85. The van der Waals surface area contributed by atoms with Crippen molar-refractivity contribution in [3.63, 3.8) is 0 Å². The van der Waals surface area contributed by atoms with Gasteiger partial charge in [0, 0.05) is 0 Å². The first kappa shape index (κ1) is 16.4. The van der Waals surface area contributed by atoms with Gasteiger partial charge >= 0.3 is 6.03 Å². The molecule has 0 saturated heterocycles. The van der Waals surface area contributed by atoms with Crippen LogP contribution in [0, 0.1) is 0 Å². The molecular formula is C16H19N3O4. The lowest BCUT2D eigenvalue weighted by atomic mass is 10.3. The predicted molar refractivity (Wildman–Crippen MR) is 83.9 cm³/mol. The van der Waals surface area contributed by atoms with E-state index >= 15 is 0 Å². The molecule has 3 N–H and O–H groups in total. The minimum atomic E-state index is -0.421. The molecule has 0 atom stereocenters. The smallest absolute Gasteiger partial charge is 0.315 e. The van der Waals surface area contributed by atoms with Crippen LogP contribution in [0.2, 0.25) is 0 Å². The Bertz CT molecular complexity index is 599. The molecule has 1 heterocycles. The molecule has 0 aliphatic carbocycles. The molecule has 2 rings (SSSR count). The van der Waals surface area contributed by atoms with Gasteiger partial charge in [-0.05, 0) is 24.3 Å². The fourth-order valence-electron chi connectivity index (χ4n) is 1.73. The Morgan fingerprint density at radius 2 is 1.83 bits per heavy atom. The Morgan fingerprint density at radius 1 is 1.00 bits per heavy atom. The number of ether oxygens (including phenoxy) is 1. The average Bonchev–Trinajstić information content (AvgIpc) is 3.09. The number of rotatable bonds is 8. The van der Waals surface area contributed by atoms with E-state index in [4.69, 9.17) is 9.15 Å². The molecule has 7 nitrogen and oxygen atoms in total. The minimum Gasteiger partial charge on any atom is -0.492 e. The Hall–Kier alpha value is -2.96. The molecule has 7 heteroatoms. The second kappa shape index (κ2) is 9.14. The quantitative estimate of drug-likeness (QED) is 0.639. The summed E-state index contributed by atoms with van der Waals surface area (Å²) in [6.45, 7) is 0.878. The van der Waals surface area contributed by atoms with Gasteiger partial charge in [-0.3, -0.25) is 4.79 Å².